The fourth-order valence-corrected chi connectivity index (χ4v) is 3.51. The van der Waals surface area contributed by atoms with Crippen LogP contribution in [0.5, 0.6) is 0 Å². The molecule has 1 fully saturated rings. The SMILES string of the molecule is N#Cc1ccc(/C=C/C(=O)N2CCCC(c3nc4ccccc4[nH]3)C2)cc1. The normalized spacial score (nSPS) is 17.3. The quantitative estimate of drug-likeness (QED) is 0.724. The number of para-hydroxylation sites is 2. The Balaban J connectivity index is 1.44. The standard InChI is InChI=1S/C22H20N4O/c23-14-17-9-7-16(8-10-17)11-12-21(27)26-13-3-4-18(15-26)22-24-19-5-1-2-6-20(19)25-22/h1-2,5-12,18H,3-4,13,15H2,(H,24,25)/b12-11+. The molecule has 1 saturated heterocycles. The van der Waals surface area contributed by atoms with Crippen LogP contribution in [0.15, 0.2) is 54.6 Å². The summed E-state index contributed by atoms with van der Waals surface area (Å²) >= 11 is 0. The number of hydrogen-bond acceptors (Lipinski definition) is 3. The summed E-state index contributed by atoms with van der Waals surface area (Å²) in [6, 6.07) is 17.3. The molecule has 1 atom stereocenters. The van der Waals surface area contributed by atoms with Crippen molar-refractivity contribution in [2.75, 3.05) is 13.1 Å². The molecule has 0 bridgehead atoms. The van der Waals surface area contributed by atoms with Crippen LogP contribution in [0.3, 0.4) is 0 Å². The fraction of sp³-hybridized carbons (Fsp3) is 0.227. The van der Waals surface area contributed by atoms with Crippen LogP contribution < -0.4 is 0 Å². The second kappa shape index (κ2) is 7.46. The number of hydrogen-bond donors (Lipinski definition) is 1. The van der Waals surface area contributed by atoms with Crippen molar-refractivity contribution in [3.8, 4) is 6.07 Å². The highest BCUT2D eigenvalue weighted by molar-refractivity contribution is 5.92. The van der Waals surface area contributed by atoms with Crippen molar-refractivity contribution < 1.29 is 4.79 Å². The molecule has 1 amide bonds. The van der Waals surface area contributed by atoms with E-state index in [0.29, 0.717) is 12.1 Å². The summed E-state index contributed by atoms with van der Waals surface area (Å²) in [7, 11) is 0. The van der Waals surface area contributed by atoms with E-state index in [0.717, 1.165) is 41.8 Å². The minimum Gasteiger partial charge on any atom is -0.342 e. The van der Waals surface area contributed by atoms with Crippen LogP contribution >= 0.6 is 0 Å². The molecule has 1 aromatic heterocycles. The van der Waals surface area contributed by atoms with E-state index in [1.807, 2.05) is 41.3 Å². The average molecular weight is 356 g/mol. The zero-order valence-electron chi connectivity index (χ0n) is 14.9. The van der Waals surface area contributed by atoms with E-state index in [-0.39, 0.29) is 11.8 Å². The highest BCUT2D eigenvalue weighted by atomic mass is 16.2. The van der Waals surface area contributed by atoms with E-state index in [4.69, 9.17) is 10.2 Å². The first kappa shape index (κ1) is 17.0. The molecule has 0 saturated carbocycles. The Morgan fingerprint density at radius 2 is 2.04 bits per heavy atom. The summed E-state index contributed by atoms with van der Waals surface area (Å²) in [5.41, 5.74) is 3.53. The Labute approximate surface area is 158 Å². The third kappa shape index (κ3) is 3.75. The molecule has 0 spiro atoms. The molecule has 2 aromatic carbocycles. The smallest absolute Gasteiger partial charge is 0.246 e. The third-order valence-electron chi connectivity index (χ3n) is 4.99. The molecule has 1 aliphatic heterocycles. The number of nitriles is 1. The van der Waals surface area contributed by atoms with Gasteiger partial charge in [0.2, 0.25) is 5.91 Å². The zero-order chi connectivity index (χ0) is 18.6. The molecular weight excluding hydrogens is 336 g/mol. The number of likely N-dealkylation sites (tertiary alicyclic amines) is 1. The van der Waals surface area contributed by atoms with Gasteiger partial charge in [-0.2, -0.15) is 5.26 Å². The van der Waals surface area contributed by atoms with Gasteiger partial charge in [0.15, 0.2) is 0 Å². The summed E-state index contributed by atoms with van der Waals surface area (Å²) in [5.74, 6) is 1.21. The molecule has 0 radical (unpaired) electrons. The Hall–Kier alpha value is -3.39. The van der Waals surface area contributed by atoms with Gasteiger partial charge in [0.05, 0.1) is 22.7 Å². The second-order valence-electron chi connectivity index (χ2n) is 6.83. The molecule has 5 nitrogen and oxygen atoms in total. The van der Waals surface area contributed by atoms with Crippen molar-refractivity contribution in [1.29, 1.82) is 5.26 Å². The minimum atomic E-state index is 0.0140. The van der Waals surface area contributed by atoms with Crippen LogP contribution in [-0.4, -0.2) is 33.9 Å². The van der Waals surface area contributed by atoms with Crippen molar-refractivity contribution in [2.24, 2.45) is 0 Å². The molecule has 1 aliphatic rings. The highest BCUT2D eigenvalue weighted by Crippen LogP contribution is 2.27. The van der Waals surface area contributed by atoms with Crippen molar-refractivity contribution >= 4 is 23.0 Å². The number of rotatable bonds is 3. The van der Waals surface area contributed by atoms with Gasteiger partial charge in [0.1, 0.15) is 5.82 Å². The predicted octanol–water partition coefficient (Wildman–Crippen LogP) is 3.85. The number of amides is 1. The van der Waals surface area contributed by atoms with Crippen LogP contribution in [-0.2, 0) is 4.79 Å². The number of aromatic nitrogens is 2. The van der Waals surface area contributed by atoms with Gasteiger partial charge in [-0.25, -0.2) is 4.98 Å². The fourth-order valence-electron chi connectivity index (χ4n) is 3.51. The van der Waals surface area contributed by atoms with Crippen LogP contribution in [0.25, 0.3) is 17.1 Å². The molecule has 2 heterocycles. The number of carbonyl (C=O) groups excluding carboxylic acids is 1. The van der Waals surface area contributed by atoms with Crippen molar-refractivity contribution in [2.45, 2.75) is 18.8 Å². The lowest BCUT2D eigenvalue weighted by atomic mass is 9.97. The molecule has 3 aromatic rings. The predicted molar refractivity (Wildman–Crippen MR) is 105 cm³/mol. The second-order valence-corrected chi connectivity index (χ2v) is 6.83. The monoisotopic (exact) mass is 356 g/mol. The molecular formula is C22H20N4O. The van der Waals surface area contributed by atoms with Crippen LogP contribution in [0, 0.1) is 11.3 Å². The first-order valence-electron chi connectivity index (χ1n) is 9.15. The summed E-state index contributed by atoms with van der Waals surface area (Å²) in [5, 5.41) is 8.85. The molecule has 1 N–H and O–H groups in total. The molecule has 0 aliphatic carbocycles. The molecule has 5 heteroatoms. The van der Waals surface area contributed by atoms with Crippen LogP contribution in [0.1, 0.15) is 35.7 Å². The van der Waals surface area contributed by atoms with Gasteiger partial charge in [-0.05, 0) is 48.7 Å². The lowest BCUT2D eigenvalue weighted by Crippen LogP contribution is -2.38. The number of imidazole rings is 1. The van der Waals surface area contributed by atoms with E-state index in [1.54, 1.807) is 24.3 Å². The first-order chi connectivity index (χ1) is 13.2. The van der Waals surface area contributed by atoms with Crippen molar-refractivity contribution in [3.63, 3.8) is 0 Å². The van der Waals surface area contributed by atoms with E-state index >= 15 is 0 Å². The maximum atomic E-state index is 12.6. The molecule has 27 heavy (non-hydrogen) atoms. The van der Waals surface area contributed by atoms with E-state index in [2.05, 4.69) is 11.1 Å². The summed E-state index contributed by atoms with van der Waals surface area (Å²) < 4.78 is 0. The largest absolute Gasteiger partial charge is 0.342 e. The zero-order valence-corrected chi connectivity index (χ0v) is 14.9. The number of nitrogens with one attached hydrogen (secondary N) is 1. The molecule has 1 unspecified atom stereocenters. The van der Waals surface area contributed by atoms with Crippen molar-refractivity contribution in [3.05, 3.63) is 71.6 Å². The number of piperidine rings is 1. The number of aromatic amines is 1. The Morgan fingerprint density at radius 1 is 1.22 bits per heavy atom. The highest BCUT2D eigenvalue weighted by Gasteiger charge is 2.25. The van der Waals surface area contributed by atoms with Gasteiger partial charge in [-0.1, -0.05) is 24.3 Å². The Bertz CT molecular complexity index is 993. The third-order valence-corrected chi connectivity index (χ3v) is 4.99. The number of benzene rings is 2. The van der Waals surface area contributed by atoms with Crippen LogP contribution in [0.2, 0.25) is 0 Å². The summed E-state index contributed by atoms with van der Waals surface area (Å²) in [6.07, 6.45) is 5.41. The summed E-state index contributed by atoms with van der Waals surface area (Å²) in [6.45, 7) is 1.45. The van der Waals surface area contributed by atoms with E-state index < -0.39 is 0 Å². The van der Waals surface area contributed by atoms with Gasteiger partial charge in [0.25, 0.3) is 0 Å². The van der Waals surface area contributed by atoms with Crippen molar-refractivity contribution in [1.82, 2.24) is 14.9 Å². The lowest BCUT2D eigenvalue weighted by molar-refractivity contribution is -0.127. The minimum absolute atomic E-state index is 0.0140. The number of fused-ring (bicyclic) bond motifs is 1. The maximum absolute atomic E-state index is 12.6. The maximum Gasteiger partial charge on any atom is 0.246 e. The Morgan fingerprint density at radius 3 is 2.81 bits per heavy atom. The lowest BCUT2D eigenvalue weighted by Gasteiger charge is -2.31. The van der Waals surface area contributed by atoms with Gasteiger partial charge in [-0.3, -0.25) is 4.79 Å². The van der Waals surface area contributed by atoms with Crippen LogP contribution in [0.4, 0.5) is 0 Å². The van der Waals surface area contributed by atoms with Gasteiger partial charge in [-0.15, -0.1) is 0 Å². The summed E-state index contributed by atoms with van der Waals surface area (Å²) in [4.78, 5) is 22.6. The number of carbonyl (C=O) groups is 1. The Kier molecular flexibility index (Phi) is 4.71. The van der Waals surface area contributed by atoms with Gasteiger partial charge < -0.3 is 9.88 Å². The average Bonchev–Trinajstić information content (AvgIpc) is 3.17. The first-order valence-corrected chi connectivity index (χ1v) is 9.15. The molecule has 4 rings (SSSR count). The van der Waals surface area contributed by atoms with Gasteiger partial charge in [0, 0.05) is 25.1 Å². The number of nitrogens with zero attached hydrogens (tertiary/aromatic N) is 3. The molecule has 134 valence electrons. The van der Waals surface area contributed by atoms with Gasteiger partial charge >= 0.3 is 0 Å². The topological polar surface area (TPSA) is 72.8 Å². The number of H-pyrrole nitrogens is 1. The van der Waals surface area contributed by atoms with E-state index in [9.17, 15) is 4.79 Å². The van der Waals surface area contributed by atoms with E-state index in [1.165, 1.54) is 0 Å².